The third kappa shape index (κ3) is 3.82. The Morgan fingerprint density at radius 2 is 1.81 bits per heavy atom. The molecule has 0 spiro atoms. The van der Waals surface area contributed by atoms with E-state index in [-0.39, 0.29) is 18.0 Å². The fraction of sp³-hybridized carbons (Fsp3) is 0.333. The molecule has 0 saturated carbocycles. The van der Waals surface area contributed by atoms with Crippen LogP contribution in [0.15, 0.2) is 41.3 Å². The van der Waals surface area contributed by atoms with Gasteiger partial charge in [0.2, 0.25) is 5.43 Å². The molecule has 7 nitrogen and oxygen atoms in total. The lowest BCUT2D eigenvalue weighted by Gasteiger charge is -2.36. The molecule has 1 aliphatic rings. The second-order valence-corrected chi connectivity index (χ2v) is 8.06. The minimum atomic E-state index is -0.699. The highest BCUT2D eigenvalue weighted by molar-refractivity contribution is 5.99. The third-order valence-corrected chi connectivity index (χ3v) is 5.95. The maximum Gasteiger partial charge on any atom is 0.343 e. The quantitative estimate of drug-likeness (QED) is 0.498. The van der Waals surface area contributed by atoms with E-state index in [2.05, 4.69) is 16.8 Å². The summed E-state index contributed by atoms with van der Waals surface area (Å²) in [6.07, 6.45) is 1.48. The number of ether oxygens (including phenoxy) is 1. The molecule has 0 bridgehead atoms. The molecule has 2 N–H and O–H groups in total. The first-order valence-electron chi connectivity index (χ1n) is 10.7. The molecule has 0 amide bonds. The standard InChI is InChI=1S/C24H27FN4O3/c1-4-32-24(31)19-14-29(17-7-5-16(25)6-8-17)21-15(2)22(20(26)13-18(21)23(19)30)28-11-9-27(3)10-12-28/h5-8,13-14H,4,9-12,26H2,1-3H3. The van der Waals surface area contributed by atoms with Gasteiger partial charge in [0.25, 0.3) is 0 Å². The highest BCUT2D eigenvalue weighted by Gasteiger charge is 2.24. The summed E-state index contributed by atoms with van der Waals surface area (Å²) in [6, 6.07) is 7.55. The summed E-state index contributed by atoms with van der Waals surface area (Å²) >= 11 is 0. The molecule has 0 unspecified atom stereocenters. The first-order valence-corrected chi connectivity index (χ1v) is 10.7. The fourth-order valence-electron chi connectivity index (χ4n) is 4.31. The minimum absolute atomic E-state index is 0.0881. The Labute approximate surface area is 185 Å². The van der Waals surface area contributed by atoms with Gasteiger partial charge in [0.1, 0.15) is 11.4 Å². The van der Waals surface area contributed by atoms with Gasteiger partial charge in [-0.1, -0.05) is 0 Å². The number of pyridine rings is 1. The number of aromatic nitrogens is 1. The second kappa shape index (κ2) is 8.63. The number of anilines is 2. The Hall–Kier alpha value is -3.39. The minimum Gasteiger partial charge on any atom is -0.462 e. The Morgan fingerprint density at radius 3 is 2.44 bits per heavy atom. The van der Waals surface area contributed by atoms with E-state index in [9.17, 15) is 14.0 Å². The summed E-state index contributed by atoms with van der Waals surface area (Å²) in [5.74, 6) is -1.07. The zero-order chi connectivity index (χ0) is 23.0. The smallest absolute Gasteiger partial charge is 0.343 e. The molecule has 3 aromatic rings. The predicted octanol–water partition coefficient (Wildman–Crippen LogP) is 2.95. The van der Waals surface area contributed by atoms with Crippen molar-refractivity contribution in [2.24, 2.45) is 0 Å². The molecule has 168 valence electrons. The summed E-state index contributed by atoms with van der Waals surface area (Å²) in [5, 5.41) is 0.327. The first kappa shape index (κ1) is 21.8. The molecule has 2 heterocycles. The number of likely N-dealkylation sites (N-methyl/N-ethyl adjacent to an activating group) is 1. The molecule has 8 heteroatoms. The number of hydrogen-bond acceptors (Lipinski definition) is 6. The van der Waals surface area contributed by atoms with Crippen molar-refractivity contribution < 1.29 is 13.9 Å². The number of nitrogens with two attached hydrogens (primary N) is 1. The third-order valence-electron chi connectivity index (χ3n) is 5.95. The van der Waals surface area contributed by atoms with Crippen LogP contribution in [0.5, 0.6) is 0 Å². The number of benzene rings is 2. The van der Waals surface area contributed by atoms with E-state index < -0.39 is 11.4 Å². The van der Waals surface area contributed by atoms with Crippen LogP contribution < -0.4 is 16.1 Å². The Morgan fingerprint density at radius 1 is 1.16 bits per heavy atom. The monoisotopic (exact) mass is 438 g/mol. The summed E-state index contributed by atoms with van der Waals surface area (Å²) in [4.78, 5) is 30.3. The van der Waals surface area contributed by atoms with Gasteiger partial charge in [0, 0.05) is 43.4 Å². The zero-order valence-electron chi connectivity index (χ0n) is 18.5. The van der Waals surface area contributed by atoms with E-state index in [4.69, 9.17) is 10.5 Å². The Kier molecular flexibility index (Phi) is 5.88. The van der Waals surface area contributed by atoms with E-state index in [1.807, 2.05) is 6.92 Å². The van der Waals surface area contributed by atoms with Crippen LogP contribution in [0, 0.1) is 12.7 Å². The molecular formula is C24H27FN4O3. The van der Waals surface area contributed by atoms with Crippen LogP contribution >= 0.6 is 0 Å². The molecule has 1 saturated heterocycles. The van der Waals surface area contributed by atoms with Gasteiger partial charge >= 0.3 is 5.97 Å². The van der Waals surface area contributed by atoms with Crippen molar-refractivity contribution in [3.63, 3.8) is 0 Å². The van der Waals surface area contributed by atoms with Gasteiger partial charge in [-0.25, -0.2) is 9.18 Å². The Bertz CT molecular complexity index is 1230. The number of rotatable bonds is 4. The van der Waals surface area contributed by atoms with Gasteiger partial charge in [0.05, 0.1) is 23.5 Å². The van der Waals surface area contributed by atoms with Gasteiger partial charge in [0.15, 0.2) is 0 Å². The molecule has 2 aromatic carbocycles. The average molecular weight is 439 g/mol. The van der Waals surface area contributed by atoms with Crippen LogP contribution in [0.4, 0.5) is 15.8 Å². The summed E-state index contributed by atoms with van der Waals surface area (Å²) in [5.41, 5.74) is 9.39. The SMILES string of the molecule is CCOC(=O)c1cn(-c2ccc(F)cc2)c2c(C)c(N3CCN(C)CC3)c(N)cc2c1=O. The van der Waals surface area contributed by atoms with Crippen LogP contribution in [0.25, 0.3) is 16.6 Å². The van der Waals surface area contributed by atoms with Crippen LogP contribution in [0.3, 0.4) is 0 Å². The lowest BCUT2D eigenvalue weighted by atomic mass is 10.0. The number of halogens is 1. The topological polar surface area (TPSA) is 80.8 Å². The van der Waals surface area contributed by atoms with Crippen molar-refractivity contribution in [3.8, 4) is 5.69 Å². The highest BCUT2D eigenvalue weighted by atomic mass is 19.1. The Balaban J connectivity index is 2.02. The second-order valence-electron chi connectivity index (χ2n) is 8.06. The van der Waals surface area contributed by atoms with Crippen molar-refractivity contribution in [3.05, 3.63) is 63.7 Å². The molecule has 0 radical (unpaired) electrons. The van der Waals surface area contributed by atoms with Crippen molar-refractivity contribution in [1.82, 2.24) is 9.47 Å². The number of esters is 1. The van der Waals surface area contributed by atoms with Crippen molar-refractivity contribution >= 4 is 28.2 Å². The fourth-order valence-corrected chi connectivity index (χ4v) is 4.31. The van der Waals surface area contributed by atoms with Gasteiger partial charge in [-0.15, -0.1) is 0 Å². The van der Waals surface area contributed by atoms with Gasteiger partial charge in [-0.05, 0) is 56.8 Å². The molecular weight excluding hydrogens is 411 g/mol. The maximum absolute atomic E-state index is 13.6. The number of piperazine rings is 1. The van der Waals surface area contributed by atoms with E-state index in [0.717, 1.165) is 37.4 Å². The van der Waals surface area contributed by atoms with E-state index in [1.165, 1.54) is 18.3 Å². The largest absolute Gasteiger partial charge is 0.462 e. The number of carbonyl (C=O) groups excluding carboxylic acids is 1. The van der Waals surface area contributed by atoms with E-state index >= 15 is 0 Å². The van der Waals surface area contributed by atoms with Crippen LogP contribution in [-0.4, -0.2) is 55.3 Å². The summed E-state index contributed by atoms with van der Waals surface area (Å²) in [6.45, 7) is 7.20. The van der Waals surface area contributed by atoms with Gasteiger partial charge in [-0.2, -0.15) is 0 Å². The van der Waals surface area contributed by atoms with Crippen LogP contribution in [0.2, 0.25) is 0 Å². The molecule has 4 rings (SSSR count). The van der Waals surface area contributed by atoms with Crippen LogP contribution in [0.1, 0.15) is 22.8 Å². The molecule has 32 heavy (non-hydrogen) atoms. The molecule has 1 aromatic heterocycles. The van der Waals surface area contributed by atoms with E-state index in [1.54, 1.807) is 29.7 Å². The number of nitrogen functional groups attached to an aromatic ring is 1. The highest BCUT2D eigenvalue weighted by Crippen LogP contribution is 2.35. The lowest BCUT2D eigenvalue weighted by Crippen LogP contribution is -2.45. The molecule has 1 fully saturated rings. The average Bonchev–Trinajstić information content (AvgIpc) is 2.76. The normalized spacial score (nSPS) is 14.7. The number of fused-ring (bicyclic) bond motifs is 1. The number of aryl methyl sites for hydroxylation is 1. The van der Waals surface area contributed by atoms with Gasteiger partial charge < -0.3 is 24.8 Å². The van der Waals surface area contributed by atoms with Crippen molar-refractivity contribution in [2.45, 2.75) is 13.8 Å². The zero-order valence-corrected chi connectivity index (χ0v) is 18.5. The molecule has 0 aliphatic carbocycles. The van der Waals surface area contributed by atoms with Crippen molar-refractivity contribution in [1.29, 1.82) is 0 Å². The number of carbonyl (C=O) groups is 1. The lowest BCUT2D eigenvalue weighted by molar-refractivity contribution is 0.0524. The van der Waals surface area contributed by atoms with Gasteiger partial charge in [-0.3, -0.25) is 4.79 Å². The number of hydrogen-bond donors (Lipinski definition) is 1. The maximum atomic E-state index is 13.6. The first-order chi connectivity index (χ1) is 15.3. The van der Waals surface area contributed by atoms with Crippen molar-refractivity contribution in [2.75, 3.05) is 50.5 Å². The summed E-state index contributed by atoms with van der Waals surface area (Å²) < 4.78 is 20.4. The van der Waals surface area contributed by atoms with E-state index in [0.29, 0.717) is 22.3 Å². The summed E-state index contributed by atoms with van der Waals surface area (Å²) in [7, 11) is 2.08. The molecule has 0 atom stereocenters. The molecule has 1 aliphatic heterocycles. The van der Waals surface area contributed by atoms with Crippen LogP contribution in [-0.2, 0) is 4.74 Å². The predicted molar refractivity (Wildman–Crippen MR) is 124 cm³/mol. The number of nitrogens with zero attached hydrogens (tertiary/aromatic N) is 3.